The summed E-state index contributed by atoms with van der Waals surface area (Å²) in [5.41, 5.74) is 1.23. The van der Waals surface area contributed by atoms with Gasteiger partial charge in [-0.05, 0) is 42.8 Å². The van der Waals surface area contributed by atoms with Crippen molar-refractivity contribution in [3.05, 3.63) is 66.7 Å². The molecule has 1 amide bonds. The molecule has 126 valence electrons. The molecule has 1 N–H and O–H groups in total. The third kappa shape index (κ3) is 5.16. The number of anilines is 1. The number of ether oxygens (including phenoxy) is 2. The van der Waals surface area contributed by atoms with Crippen molar-refractivity contribution in [1.29, 1.82) is 0 Å². The summed E-state index contributed by atoms with van der Waals surface area (Å²) in [6.07, 6.45) is 3.70. The molecule has 0 heterocycles. The van der Waals surface area contributed by atoms with E-state index >= 15 is 0 Å². The molecular formula is C20H23NO3. The van der Waals surface area contributed by atoms with Gasteiger partial charge < -0.3 is 14.8 Å². The number of benzene rings is 2. The molecule has 0 fully saturated rings. The fourth-order valence-electron chi connectivity index (χ4n) is 2.09. The summed E-state index contributed by atoms with van der Waals surface area (Å²) in [7, 11) is 0. The molecule has 0 aliphatic heterocycles. The molecule has 0 radical (unpaired) electrons. The fourth-order valence-corrected chi connectivity index (χ4v) is 2.09. The Morgan fingerprint density at radius 2 is 1.88 bits per heavy atom. The molecule has 0 bridgehead atoms. The van der Waals surface area contributed by atoms with Gasteiger partial charge in [0.1, 0.15) is 18.1 Å². The molecule has 0 aromatic heterocycles. The highest BCUT2D eigenvalue weighted by Gasteiger charge is 2.12. The van der Waals surface area contributed by atoms with Crippen molar-refractivity contribution in [3.63, 3.8) is 0 Å². The van der Waals surface area contributed by atoms with E-state index < -0.39 is 0 Å². The summed E-state index contributed by atoms with van der Waals surface area (Å²) < 4.78 is 11.1. The summed E-state index contributed by atoms with van der Waals surface area (Å²) in [5.74, 6) is 1.15. The monoisotopic (exact) mass is 325 g/mol. The van der Waals surface area contributed by atoms with Crippen molar-refractivity contribution in [3.8, 4) is 11.5 Å². The normalized spacial score (nSPS) is 10.0. The fraction of sp³-hybridized carbons (Fsp3) is 0.250. The highest BCUT2D eigenvalue weighted by atomic mass is 16.5. The first kappa shape index (κ1) is 17.6. The summed E-state index contributed by atoms with van der Waals surface area (Å²) in [6.45, 7) is 6.77. The third-order valence-corrected chi connectivity index (χ3v) is 3.37. The number of para-hydroxylation sites is 1. The van der Waals surface area contributed by atoms with Crippen molar-refractivity contribution < 1.29 is 14.3 Å². The van der Waals surface area contributed by atoms with Crippen LogP contribution in [0.15, 0.2) is 61.2 Å². The number of nitrogens with one attached hydrogen (secondary N) is 1. The highest BCUT2D eigenvalue weighted by molar-refractivity contribution is 6.06. The van der Waals surface area contributed by atoms with Crippen molar-refractivity contribution in [1.82, 2.24) is 0 Å². The van der Waals surface area contributed by atoms with Crippen LogP contribution in [0.4, 0.5) is 5.69 Å². The van der Waals surface area contributed by atoms with Gasteiger partial charge in [-0.1, -0.05) is 38.1 Å². The Morgan fingerprint density at radius 3 is 2.58 bits per heavy atom. The highest BCUT2D eigenvalue weighted by Crippen LogP contribution is 2.21. The molecule has 0 unspecified atom stereocenters. The van der Waals surface area contributed by atoms with Gasteiger partial charge in [-0.15, -0.1) is 0 Å². The second-order valence-electron chi connectivity index (χ2n) is 5.28. The summed E-state index contributed by atoms with van der Waals surface area (Å²) in [6, 6.07) is 14.5. The first-order valence-corrected chi connectivity index (χ1v) is 8.11. The van der Waals surface area contributed by atoms with E-state index in [0.29, 0.717) is 30.2 Å². The number of hydrogen-bond donors (Lipinski definition) is 1. The Bertz CT molecular complexity index is 665. The smallest absolute Gasteiger partial charge is 0.259 e. The molecule has 24 heavy (non-hydrogen) atoms. The average molecular weight is 325 g/mol. The average Bonchev–Trinajstić information content (AvgIpc) is 2.62. The summed E-state index contributed by atoms with van der Waals surface area (Å²) >= 11 is 0. The first-order chi connectivity index (χ1) is 11.7. The molecule has 4 nitrogen and oxygen atoms in total. The van der Waals surface area contributed by atoms with Crippen LogP contribution < -0.4 is 14.8 Å². The third-order valence-electron chi connectivity index (χ3n) is 3.37. The quantitative estimate of drug-likeness (QED) is 0.538. The summed E-state index contributed by atoms with van der Waals surface area (Å²) in [5, 5.41) is 2.88. The van der Waals surface area contributed by atoms with Gasteiger partial charge in [0.05, 0.1) is 12.2 Å². The van der Waals surface area contributed by atoms with E-state index in [1.165, 1.54) is 0 Å². The van der Waals surface area contributed by atoms with Crippen molar-refractivity contribution in [2.45, 2.75) is 19.8 Å². The van der Waals surface area contributed by atoms with Crippen LogP contribution in [0.25, 0.3) is 0 Å². The van der Waals surface area contributed by atoms with E-state index in [2.05, 4.69) is 18.8 Å². The maximum absolute atomic E-state index is 12.5. The van der Waals surface area contributed by atoms with Crippen molar-refractivity contribution in [2.75, 3.05) is 18.5 Å². The molecule has 2 aromatic rings. The lowest BCUT2D eigenvalue weighted by molar-refractivity contribution is 0.102. The number of amides is 1. The topological polar surface area (TPSA) is 47.6 Å². The van der Waals surface area contributed by atoms with Gasteiger partial charge in [-0.3, -0.25) is 4.79 Å². The predicted molar refractivity (Wildman–Crippen MR) is 96.9 cm³/mol. The van der Waals surface area contributed by atoms with E-state index in [1.54, 1.807) is 24.3 Å². The lowest BCUT2D eigenvalue weighted by Gasteiger charge is -2.12. The van der Waals surface area contributed by atoms with E-state index in [-0.39, 0.29) is 5.91 Å². The van der Waals surface area contributed by atoms with Gasteiger partial charge in [-0.25, -0.2) is 0 Å². The number of rotatable bonds is 9. The minimum Gasteiger partial charge on any atom is -0.493 e. The van der Waals surface area contributed by atoms with E-state index in [1.807, 2.05) is 30.3 Å². The molecule has 0 aliphatic rings. The number of hydrogen-bond acceptors (Lipinski definition) is 3. The molecule has 0 aliphatic carbocycles. The van der Waals surface area contributed by atoms with Gasteiger partial charge in [0, 0.05) is 5.69 Å². The first-order valence-electron chi connectivity index (χ1n) is 8.11. The van der Waals surface area contributed by atoms with E-state index in [4.69, 9.17) is 9.47 Å². The van der Waals surface area contributed by atoms with Crippen LogP contribution >= 0.6 is 0 Å². The van der Waals surface area contributed by atoms with Crippen LogP contribution in [0, 0.1) is 0 Å². The van der Waals surface area contributed by atoms with Crippen LogP contribution in [-0.2, 0) is 0 Å². The largest absolute Gasteiger partial charge is 0.493 e. The SMILES string of the molecule is C=CCOc1ccc(NC(=O)c2ccccc2OCCCC)cc1. The Labute approximate surface area is 143 Å². The second kappa shape index (κ2) is 9.40. The van der Waals surface area contributed by atoms with Gasteiger partial charge in [0.2, 0.25) is 0 Å². The Hall–Kier alpha value is -2.75. The minimum atomic E-state index is -0.193. The van der Waals surface area contributed by atoms with Crippen LogP contribution in [0.5, 0.6) is 11.5 Å². The summed E-state index contributed by atoms with van der Waals surface area (Å²) in [4.78, 5) is 12.5. The standard InChI is InChI=1S/C20H23NO3/c1-3-5-15-24-19-9-7-6-8-18(19)20(22)21-16-10-12-17(13-11-16)23-14-4-2/h4,6-13H,2-3,5,14-15H2,1H3,(H,21,22). The molecule has 0 spiro atoms. The Kier molecular flexibility index (Phi) is 6.90. The van der Waals surface area contributed by atoms with E-state index in [0.717, 1.165) is 18.6 Å². The van der Waals surface area contributed by atoms with Crippen LogP contribution in [-0.4, -0.2) is 19.1 Å². The molecule has 2 aromatic carbocycles. The number of carbonyl (C=O) groups is 1. The van der Waals surface area contributed by atoms with Gasteiger partial charge >= 0.3 is 0 Å². The van der Waals surface area contributed by atoms with Gasteiger partial charge in [0.25, 0.3) is 5.91 Å². The molecule has 2 rings (SSSR count). The molecule has 0 saturated heterocycles. The lowest BCUT2D eigenvalue weighted by Crippen LogP contribution is -2.14. The predicted octanol–water partition coefficient (Wildman–Crippen LogP) is 4.68. The zero-order valence-electron chi connectivity index (χ0n) is 14.0. The van der Waals surface area contributed by atoms with E-state index in [9.17, 15) is 4.79 Å². The van der Waals surface area contributed by atoms with Crippen LogP contribution in [0.1, 0.15) is 30.1 Å². The maximum atomic E-state index is 12.5. The van der Waals surface area contributed by atoms with Crippen LogP contribution in [0.3, 0.4) is 0 Å². The Morgan fingerprint density at radius 1 is 1.12 bits per heavy atom. The van der Waals surface area contributed by atoms with Crippen molar-refractivity contribution >= 4 is 11.6 Å². The molecular weight excluding hydrogens is 302 g/mol. The van der Waals surface area contributed by atoms with Gasteiger partial charge in [0.15, 0.2) is 0 Å². The second-order valence-corrected chi connectivity index (χ2v) is 5.28. The maximum Gasteiger partial charge on any atom is 0.259 e. The zero-order chi connectivity index (χ0) is 17.2. The molecule has 4 heteroatoms. The number of carbonyl (C=O) groups excluding carboxylic acids is 1. The van der Waals surface area contributed by atoms with Gasteiger partial charge in [-0.2, -0.15) is 0 Å². The van der Waals surface area contributed by atoms with Crippen molar-refractivity contribution in [2.24, 2.45) is 0 Å². The minimum absolute atomic E-state index is 0.193. The molecule has 0 saturated carbocycles. The Balaban J connectivity index is 2.02. The van der Waals surface area contributed by atoms with Crippen LogP contribution in [0.2, 0.25) is 0 Å². The number of unbranched alkanes of at least 4 members (excludes halogenated alkanes) is 1. The zero-order valence-corrected chi connectivity index (χ0v) is 14.0. The molecule has 0 atom stereocenters. The lowest BCUT2D eigenvalue weighted by atomic mass is 10.2.